The maximum atomic E-state index is 12.7. The van der Waals surface area contributed by atoms with Gasteiger partial charge in [0, 0.05) is 6.04 Å². The summed E-state index contributed by atoms with van der Waals surface area (Å²) in [4.78, 5) is 0. The molecule has 1 aromatic carbocycles. The lowest BCUT2D eigenvalue weighted by Crippen LogP contribution is -2.27. The third-order valence-corrected chi connectivity index (χ3v) is 3.33. The third kappa shape index (κ3) is 3.76. The molecule has 0 saturated heterocycles. The van der Waals surface area contributed by atoms with Crippen LogP contribution in [0.25, 0.3) is 0 Å². The van der Waals surface area contributed by atoms with Gasteiger partial charge in [-0.05, 0) is 55.7 Å². The Morgan fingerprint density at radius 1 is 1.06 bits per heavy atom. The van der Waals surface area contributed by atoms with E-state index in [-0.39, 0.29) is 18.2 Å². The number of hydrogen-bond acceptors (Lipinski definition) is 1. The lowest BCUT2D eigenvalue weighted by Gasteiger charge is -2.26. The Morgan fingerprint density at radius 2 is 1.62 bits per heavy atom. The predicted octanol–water partition coefficient (Wildman–Crippen LogP) is 3.31. The van der Waals surface area contributed by atoms with Crippen molar-refractivity contribution < 1.29 is 4.39 Å². The van der Waals surface area contributed by atoms with Gasteiger partial charge >= 0.3 is 0 Å². The molecule has 1 aliphatic carbocycles. The predicted molar refractivity (Wildman–Crippen MR) is 67.3 cm³/mol. The maximum Gasteiger partial charge on any atom is 0.123 e. The van der Waals surface area contributed by atoms with Gasteiger partial charge in [0.2, 0.25) is 0 Å². The fourth-order valence-corrected chi connectivity index (χ4v) is 2.35. The number of halogens is 2. The molecule has 1 fully saturated rings. The Balaban J connectivity index is 0.00000128. The number of rotatable bonds is 2. The van der Waals surface area contributed by atoms with Crippen LogP contribution in [-0.4, -0.2) is 6.04 Å². The minimum Gasteiger partial charge on any atom is -0.328 e. The molecule has 0 radical (unpaired) electrons. The molecule has 90 valence electrons. The molecule has 0 atom stereocenters. The van der Waals surface area contributed by atoms with E-state index in [1.165, 1.54) is 18.4 Å². The summed E-state index contributed by atoms with van der Waals surface area (Å²) in [5, 5.41) is 0. The van der Waals surface area contributed by atoms with Crippen LogP contribution in [0, 0.1) is 11.7 Å². The molecule has 1 saturated carbocycles. The highest BCUT2D eigenvalue weighted by atomic mass is 35.5. The molecule has 2 rings (SSSR count). The Kier molecular flexibility index (Phi) is 5.23. The fraction of sp³-hybridized carbons (Fsp3) is 0.538. The standard InChI is InChI=1S/C13H18FN.ClH/c14-12-5-1-10(2-6-12)9-11-3-7-13(15)8-4-11;/h1-2,5-6,11,13H,3-4,7-9,15H2;1H. The Hall–Kier alpha value is -0.600. The second-order valence-corrected chi connectivity index (χ2v) is 4.61. The van der Waals surface area contributed by atoms with E-state index in [4.69, 9.17) is 5.73 Å². The molecular weight excluding hydrogens is 225 g/mol. The Bertz CT molecular complexity index is 304. The summed E-state index contributed by atoms with van der Waals surface area (Å²) >= 11 is 0. The van der Waals surface area contributed by atoms with E-state index in [0.29, 0.717) is 6.04 Å². The molecule has 0 bridgehead atoms. The molecule has 3 heteroatoms. The second kappa shape index (κ2) is 6.21. The number of nitrogens with two attached hydrogens (primary N) is 1. The van der Waals surface area contributed by atoms with Crippen molar-refractivity contribution in [1.29, 1.82) is 0 Å². The minimum absolute atomic E-state index is 0. The molecule has 0 amide bonds. The van der Waals surface area contributed by atoms with Gasteiger partial charge < -0.3 is 5.73 Å². The van der Waals surface area contributed by atoms with Crippen molar-refractivity contribution in [2.24, 2.45) is 11.7 Å². The molecule has 16 heavy (non-hydrogen) atoms. The van der Waals surface area contributed by atoms with Crippen molar-refractivity contribution in [3.05, 3.63) is 35.6 Å². The Labute approximate surface area is 103 Å². The van der Waals surface area contributed by atoms with E-state index >= 15 is 0 Å². The zero-order chi connectivity index (χ0) is 10.7. The van der Waals surface area contributed by atoms with Crippen LogP contribution in [0.5, 0.6) is 0 Å². The molecule has 0 heterocycles. The van der Waals surface area contributed by atoms with Crippen LogP contribution in [0.3, 0.4) is 0 Å². The van der Waals surface area contributed by atoms with Crippen molar-refractivity contribution in [1.82, 2.24) is 0 Å². The first kappa shape index (κ1) is 13.5. The molecule has 1 aliphatic rings. The van der Waals surface area contributed by atoms with Gasteiger partial charge in [0.1, 0.15) is 5.82 Å². The summed E-state index contributed by atoms with van der Waals surface area (Å²) in [6.45, 7) is 0. The molecule has 1 aromatic rings. The van der Waals surface area contributed by atoms with Gasteiger partial charge in [0.25, 0.3) is 0 Å². The van der Waals surface area contributed by atoms with Gasteiger partial charge in [-0.2, -0.15) is 0 Å². The van der Waals surface area contributed by atoms with Crippen molar-refractivity contribution >= 4 is 12.4 Å². The van der Waals surface area contributed by atoms with E-state index in [1.807, 2.05) is 12.1 Å². The van der Waals surface area contributed by atoms with Crippen LogP contribution in [0.1, 0.15) is 31.2 Å². The van der Waals surface area contributed by atoms with Crippen molar-refractivity contribution in [2.75, 3.05) is 0 Å². The monoisotopic (exact) mass is 243 g/mol. The molecule has 2 N–H and O–H groups in total. The van der Waals surface area contributed by atoms with Crippen molar-refractivity contribution in [3.8, 4) is 0 Å². The van der Waals surface area contributed by atoms with Gasteiger partial charge in [-0.15, -0.1) is 12.4 Å². The van der Waals surface area contributed by atoms with Gasteiger partial charge in [0.15, 0.2) is 0 Å². The van der Waals surface area contributed by atoms with Gasteiger partial charge in [0.05, 0.1) is 0 Å². The van der Waals surface area contributed by atoms with Gasteiger partial charge in [-0.1, -0.05) is 12.1 Å². The average Bonchev–Trinajstić information content (AvgIpc) is 2.25. The smallest absolute Gasteiger partial charge is 0.123 e. The highest BCUT2D eigenvalue weighted by Gasteiger charge is 2.18. The van der Waals surface area contributed by atoms with Crippen molar-refractivity contribution in [2.45, 2.75) is 38.1 Å². The minimum atomic E-state index is -0.149. The third-order valence-electron chi connectivity index (χ3n) is 3.33. The molecule has 0 spiro atoms. The largest absolute Gasteiger partial charge is 0.328 e. The first-order chi connectivity index (χ1) is 7.24. The fourth-order valence-electron chi connectivity index (χ4n) is 2.35. The molecule has 1 nitrogen and oxygen atoms in total. The second-order valence-electron chi connectivity index (χ2n) is 4.61. The van der Waals surface area contributed by atoms with E-state index in [2.05, 4.69) is 0 Å². The molecular formula is C13H19ClFN. The summed E-state index contributed by atoms with van der Waals surface area (Å²) < 4.78 is 12.7. The maximum absolute atomic E-state index is 12.7. The van der Waals surface area contributed by atoms with E-state index in [0.717, 1.165) is 25.2 Å². The lowest BCUT2D eigenvalue weighted by molar-refractivity contribution is 0.325. The molecule has 0 aromatic heterocycles. The Morgan fingerprint density at radius 3 is 2.19 bits per heavy atom. The van der Waals surface area contributed by atoms with Crippen LogP contribution in [0.4, 0.5) is 4.39 Å². The number of benzene rings is 1. The summed E-state index contributed by atoms with van der Waals surface area (Å²) in [5.74, 6) is 0.597. The summed E-state index contributed by atoms with van der Waals surface area (Å²) in [5.41, 5.74) is 7.11. The molecule has 0 aliphatic heterocycles. The highest BCUT2D eigenvalue weighted by molar-refractivity contribution is 5.85. The van der Waals surface area contributed by atoms with Gasteiger partial charge in [-0.3, -0.25) is 0 Å². The normalized spacial score (nSPS) is 24.9. The van der Waals surface area contributed by atoms with Crippen molar-refractivity contribution in [3.63, 3.8) is 0 Å². The van der Waals surface area contributed by atoms with Crippen LogP contribution >= 0.6 is 12.4 Å². The quantitative estimate of drug-likeness (QED) is 0.848. The van der Waals surface area contributed by atoms with E-state index in [9.17, 15) is 4.39 Å². The zero-order valence-electron chi connectivity index (χ0n) is 9.36. The molecule has 0 unspecified atom stereocenters. The van der Waals surface area contributed by atoms with Crippen LogP contribution in [0.15, 0.2) is 24.3 Å². The van der Waals surface area contributed by atoms with Gasteiger partial charge in [-0.25, -0.2) is 4.39 Å². The van der Waals surface area contributed by atoms with E-state index < -0.39 is 0 Å². The van der Waals surface area contributed by atoms with E-state index in [1.54, 1.807) is 12.1 Å². The highest BCUT2D eigenvalue weighted by Crippen LogP contribution is 2.26. The first-order valence-electron chi connectivity index (χ1n) is 5.74. The summed E-state index contributed by atoms with van der Waals surface area (Å²) in [6.07, 6.45) is 5.81. The average molecular weight is 244 g/mol. The lowest BCUT2D eigenvalue weighted by atomic mass is 9.83. The van der Waals surface area contributed by atoms with Crippen LogP contribution in [-0.2, 0) is 6.42 Å². The van der Waals surface area contributed by atoms with Crippen LogP contribution < -0.4 is 5.73 Å². The zero-order valence-corrected chi connectivity index (χ0v) is 10.2. The first-order valence-corrected chi connectivity index (χ1v) is 5.74. The summed E-state index contributed by atoms with van der Waals surface area (Å²) in [7, 11) is 0. The summed E-state index contributed by atoms with van der Waals surface area (Å²) in [6, 6.07) is 7.29. The topological polar surface area (TPSA) is 26.0 Å². The number of hydrogen-bond donors (Lipinski definition) is 1. The SMILES string of the molecule is Cl.NC1CCC(Cc2ccc(F)cc2)CC1. The van der Waals surface area contributed by atoms with Crippen LogP contribution in [0.2, 0.25) is 0 Å².